The van der Waals surface area contributed by atoms with E-state index in [0.717, 1.165) is 36.3 Å². The van der Waals surface area contributed by atoms with Crippen LogP contribution < -0.4 is 0 Å². The maximum atomic E-state index is 11.1. The van der Waals surface area contributed by atoms with Crippen LogP contribution >= 0.6 is 11.6 Å². The second-order valence-electron chi connectivity index (χ2n) is 5.54. The maximum Gasteiger partial charge on any atom is 0.137 e. The first-order valence-electron chi connectivity index (χ1n) is 6.98. The molecule has 0 amide bonds. The summed E-state index contributed by atoms with van der Waals surface area (Å²) >= 11 is 5.91. The SMILES string of the molecule is O[C@@]1(Cc2ccc(Cl)cc2)CCCC[C@H]1n1cncn1. The second kappa shape index (κ2) is 5.54. The first-order valence-corrected chi connectivity index (χ1v) is 7.36. The third-order valence-electron chi connectivity index (χ3n) is 4.14. The van der Waals surface area contributed by atoms with Crippen molar-refractivity contribution in [1.29, 1.82) is 0 Å². The van der Waals surface area contributed by atoms with Crippen molar-refractivity contribution in [2.24, 2.45) is 0 Å². The summed E-state index contributed by atoms with van der Waals surface area (Å²) in [5.41, 5.74) is 0.337. The van der Waals surface area contributed by atoms with Gasteiger partial charge in [-0.25, -0.2) is 9.67 Å². The van der Waals surface area contributed by atoms with Crippen molar-refractivity contribution in [1.82, 2.24) is 14.8 Å². The number of rotatable bonds is 3. The monoisotopic (exact) mass is 291 g/mol. The summed E-state index contributed by atoms with van der Waals surface area (Å²) in [7, 11) is 0. The second-order valence-corrected chi connectivity index (χ2v) is 5.98. The molecule has 1 saturated carbocycles. The number of hydrogen-bond acceptors (Lipinski definition) is 3. The fourth-order valence-electron chi connectivity index (χ4n) is 3.12. The third-order valence-corrected chi connectivity index (χ3v) is 4.39. The van der Waals surface area contributed by atoms with E-state index in [0.29, 0.717) is 6.42 Å². The van der Waals surface area contributed by atoms with E-state index in [9.17, 15) is 5.11 Å². The Labute approximate surface area is 123 Å². The average molecular weight is 292 g/mol. The molecule has 0 saturated heterocycles. The molecule has 0 spiro atoms. The number of nitrogens with zero attached hydrogens (tertiary/aromatic N) is 3. The molecule has 3 rings (SSSR count). The first kappa shape index (κ1) is 13.6. The van der Waals surface area contributed by atoms with Crippen LogP contribution in [0.4, 0.5) is 0 Å². The van der Waals surface area contributed by atoms with E-state index in [2.05, 4.69) is 10.1 Å². The average Bonchev–Trinajstić information content (AvgIpc) is 2.95. The highest BCUT2D eigenvalue weighted by atomic mass is 35.5. The standard InChI is InChI=1S/C15H18ClN3O/c16-13-6-4-12(5-7-13)9-15(20)8-2-1-3-14(15)19-11-17-10-18-19/h4-7,10-11,14,20H,1-3,8-9H2/t14-,15-/m1/s1. The summed E-state index contributed by atoms with van der Waals surface area (Å²) in [5, 5.41) is 16.0. The smallest absolute Gasteiger partial charge is 0.137 e. The van der Waals surface area contributed by atoms with Gasteiger partial charge in [-0.3, -0.25) is 0 Å². The molecule has 1 heterocycles. The van der Waals surface area contributed by atoms with E-state index in [1.165, 1.54) is 6.33 Å². The Hall–Kier alpha value is -1.39. The van der Waals surface area contributed by atoms with E-state index < -0.39 is 5.60 Å². The summed E-state index contributed by atoms with van der Waals surface area (Å²) in [6.07, 6.45) is 7.74. The number of benzene rings is 1. The fraction of sp³-hybridized carbons (Fsp3) is 0.467. The predicted octanol–water partition coefficient (Wildman–Crippen LogP) is 3.02. The van der Waals surface area contributed by atoms with Crippen molar-refractivity contribution in [2.75, 3.05) is 0 Å². The van der Waals surface area contributed by atoms with Crippen LogP contribution in [0.2, 0.25) is 5.02 Å². The molecule has 1 aliphatic carbocycles. The molecule has 0 bridgehead atoms. The zero-order valence-corrected chi connectivity index (χ0v) is 12.0. The molecule has 1 N–H and O–H groups in total. The summed E-state index contributed by atoms with van der Waals surface area (Å²) in [5.74, 6) is 0. The molecule has 0 aliphatic heterocycles. The Kier molecular flexibility index (Phi) is 3.76. The summed E-state index contributed by atoms with van der Waals surface area (Å²) in [4.78, 5) is 4.00. The quantitative estimate of drug-likeness (QED) is 0.946. The lowest BCUT2D eigenvalue weighted by molar-refractivity contribution is -0.0452. The van der Waals surface area contributed by atoms with Gasteiger partial charge in [-0.15, -0.1) is 0 Å². The molecule has 106 valence electrons. The molecule has 2 atom stereocenters. The fourth-order valence-corrected chi connectivity index (χ4v) is 3.25. The Bertz CT molecular complexity index is 555. The van der Waals surface area contributed by atoms with Crippen LogP contribution in [-0.2, 0) is 6.42 Å². The Balaban J connectivity index is 1.85. The van der Waals surface area contributed by atoms with Crippen LogP contribution in [-0.4, -0.2) is 25.5 Å². The van der Waals surface area contributed by atoms with Gasteiger partial charge in [0.05, 0.1) is 11.6 Å². The topological polar surface area (TPSA) is 50.9 Å². The molecular formula is C15H18ClN3O. The molecule has 4 nitrogen and oxygen atoms in total. The van der Waals surface area contributed by atoms with Crippen LogP contribution in [0.15, 0.2) is 36.9 Å². The van der Waals surface area contributed by atoms with Crippen LogP contribution in [0, 0.1) is 0 Å². The molecule has 5 heteroatoms. The van der Waals surface area contributed by atoms with Crippen molar-refractivity contribution >= 4 is 11.6 Å². The van der Waals surface area contributed by atoms with Crippen molar-refractivity contribution in [3.8, 4) is 0 Å². The number of aromatic nitrogens is 3. The molecule has 0 radical (unpaired) electrons. The van der Waals surface area contributed by atoms with Crippen molar-refractivity contribution in [2.45, 2.75) is 43.7 Å². The lowest BCUT2D eigenvalue weighted by atomic mass is 9.76. The van der Waals surface area contributed by atoms with Crippen molar-refractivity contribution in [3.63, 3.8) is 0 Å². The zero-order valence-electron chi connectivity index (χ0n) is 11.2. The van der Waals surface area contributed by atoms with Crippen LogP contribution in [0.25, 0.3) is 0 Å². The van der Waals surface area contributed by atoms with Gasteiger partial charge in [0.25, 0.3) is 0 Å². The van der Waals surface area contributed by atoms with Gasteiger partial charge in [-0.05, 0) is 30.5 Å². The van der Waals surface area contributed by atoms with Gasteiger partial charge in [0.2, 0.25) is 0 Å². The van der Waals surface area contributed by atoms with E-state index in [1.807, 2.05) is 24.3 Å². The lowest BCUT2D eigenvalue weighted by Gasteiger charge is -2.40. The van der Waals surface area contributed by atoms with E-state index in [4.69, 9.17) is 11.6 Å². The van der Waals surface area contributed by atoms with E-state index in [1.54, 1.807) is 11.0 Å². The van der Waals surface area contributed by atoms with Crippen LogP contribution in [0.1, 0.15) is 37.3 Å². The highest BCUT2D eigenvalue weighted by Gasteiger charge is 2.40. The number of halogens is 1. The highest BCUT2D eigenvalue weighted by molar-refractivity contribution is 6.30. The van der Waals surface area contributed by atoms with E-state index in [-0.39, 0.29) is 6.04 Å². The van der Waals surface area contributed by atoms with Gasteiger partial charge < -0.3 is 5.11 Å². The molecule has 1 aliphatic rings. The van der Waals surface area contributed by atoms with Gasteiger partial charge in [-0.1, -0.05) is 36.6 Å². The number of hydrogen-bond donors (Lipinski definition) is 1. The van der Waals surface area contributed by atoms with Crippen LogP contribution in [0.3, 0.4) is 0 Å². The van der Waals surface area contributed by atoms with Crippen molar-refractivity contribution in [3.05, 3.63) is 47.5 Å². The largest absolute Gasteiger partial charge is 0.387 e. The lowest BCUT2D eigenvalue weighted by Crippen LogP contribution is -2.44. The third kappa shape index (κ3) is 2.72. The molecule has 1 aromatic heterocycles. The highest BCUT2D eigenvalue weighted by Crippen LogP contribution is 2.39. The van der Waals surface area contributed by atoms with Gasteiger partial charge in [0.1, 0.15) is 12.7 Å². The summed E-state index contributed by atoms with van der Waals surface area (Å²) in [6.45, 7) is 0. The van der Waals surface area contributed by atoms with Crippen LogP contribution in [0.5, 0.6) is 0 Å². The Morgan fingerprint density at radius 1 is 1.30 bits per heavy atom. The first-order chi connectivity index (χ1) is 9.67. The maximum absolute atomic E-state index is 11.1. The molecule has 0 unspecified atom stereocenters. The number of aliphatic hydroxyl groups is 1. The summed E-state index contributed by atoms with van der Waals surface area (Å²) < 4.78 is 1.80. The molecular weight excluding hydrogens is 274 g/mol. The minimum Gasteiger partial charge on any atom is -0.387 e. The summed E-state index contributed by atoms with van der Waals surface area (Å²) in [6, 6.07) is 7.69. The Morgan fingerprint density at radius 3 is 2.80 bits per heavy atom. The minimum absolute atomic E-state index is 0.00516. The molecule has 20 heavy (non-hydrogen) atoms. The molecule has 2 aromatic rings. The zero-order chi connectivity index (χ0) is 14.0. The van der Waals surface area contributed by atoms with Gasteiger partial charge in [-0.2, -0.15) is 5.10 Å². The van der Waals surface area contributed by atoms with Gasteiger partial charge in [0.15, 0.2) is 0 Å². The predicted molar refractivity (Wildman–Crippen MR) is 77.6 cm³/mol. The van der Waals surface area contributed by atoms with Gasteiger partial charge in [0, 0.05) is 11.4 Å². The van der Waals surface area contributed by atoms with Gasteiger partial charge >= 0.3 is 0 Å². The van der Waals surface area contributed by atoms with Crippen molar-refractivity contribution < 1.29 is 5.11 Å². The van der Waals surface area contributed by atoms with E-state index >= 15 is 0 Å². The minimum atomic E-state index is -0.764. The molecule has 1 aromatic carbocycles. The Morgan fingerprint density at radius 2 is 2.10 bits per heavy atom. The normalized spacial score (nSPS) is 26.6. The molecule has 1 fully saturated rings.